The second kappa shape index (κ2) is 5.86. The van der Waals surface area contributed by atoms with Crippen molar-refractivity contribution in [1.29, 1.82) is 0 Å². The average molecular weight is 332 g/mol. The molecule has 4 nitrogen and oxygen atoms in total. The molecule has 3 aromatic rings. The predicted molar refractivity (Wildman–Crippen MR) is 89.3 cm³/mol. The van der Waals surface area contributed by atoms with Gasteiger partial charge < -0.3 is 9.84 Å². The van der Waals surface area contributed by atoms with E-state index in [1.165, 1.54) is 23.5 Å². The number of ether oxygens (including phenoxy) is 1. The van der Waals surface area contributed by atoms with E-state index in [4.69, 9.17) is 4.74 Å². The fraction of sp³-hybridized carbons (Fsp3) is 0.294. The van der Waals surface area contributed by atoms with Crippen molar-refractivity contribution in [3.05, 3.63) is 41.3 Å². The highest BCUT2D eigenvalue weighted by Gasteiger charge is 2.16. The quantitative estimate of drug-likeness (QED) is 0.786. The van der Waals surface area contributed by atoms with E-state index >= 15 is 0 Å². The molecule has 2 aromatic heterocycles. The number of hydrogen-bond donors (Lipinski definition) is 1. The zero-order chi connectivity index (χ0) is 16.6. The van der Waals surface area contributed by atoms with E-state index in [9.17, 15) is 9.50 Å². The lowest BCUT2D eigenvalue weighted by Gasteiger charge is -2.17. The second-order valence-corrected chi connectivity index (χ2v) is 6.95. The average Bonchev–Trinajstić information content (AvgIpc) is 2.87. The lowest BCUT2D eigenvalue weighted by Crippen LogP contribution is -2.28. The number of rotatable bonds is 4. The summed E-state index contributed by atoms with van der Waals surface area (Å²) in [7, 11) is 0. The molecule has 0 atom stereocenters. The van der Waals surface area contributed by atoms with Gasteiger partial charge in [-0.2, -0.15) is 0 Å². The van der Waals surface area contributed by atoms with Crippen LogP contribution in [0, 0.1) is 12.7 Å². The van der Waals surface area contributed by atoms with Crippen LogP contribution in [0.5, 0.6) is 5.88 Å². The Kier molecular flexibility index (Phi) is 4.04. The number of nitrogens with zero attached hydrogens (tertiary/aromatic N) is 2. The fourth-order valence-corrected chi connectivity index (χ4v) is 3.17. The van der Waals surface area contributed by atoms with Crippen LogP contribution in [0.3, 0.4) is 0 Å². The normalized spacial score (nSPS) is 11.9. The Morgan fingerprint density at radius 2 is 2.13 bits per heavy atom. The molecule has 6 heteroatoms. The van der Waals surface area contributed by atoms with E-state index in [1.807, 2.05) is 12.3 Å². The standard InChI is InChI=1S/C17H17FN2O2S/c1-10-16(22-9-17(2,3)21)19-7-14(20-10)13-8-23-15-6-11(18)4-5-12(13)15/h4-8,21H,9H2,1-3H3. The molecule has 0 radical (unpaired) electrons. The third-order valence-corrected chi connectivity index (χ3v) is 4.22. The van der Waals surface area contributed by atoms with Crippen molar-refractivity contribution < 1.29 is 14.2 Å². The number of fused-ring (bicyclic) bond motifs is 1. The number of aliphatic hydroxyl groups is 1. The zero-order valence-electron chi connectivity index (χ0n) is 13.1. The van der Waals surface area contributed by atoms with Gasteiger partial charge in [0.2, 0.25) is 5.88 Å². The molecule has 23 heavy (non-hydrogen) atoms. The maximum atomic E-state index is 13.3. The van der Waals surface area contributed by atoms with Crippen LogP contribution < -0.4 is 4.74 Å². The van der Waals surface area contributed by atoms with Crippen LogP contribution in [0.15, 0.2) is 29.8 Å². The summed E-state index contributed by atoms with van der Waals surface area (Å²) < 4.78 is 19.7. The Morgan fingerprint density at radius 3 is 2.83 bits per heavy atom. The van der Waals surface area contributed by atoms with E-state index in [2.05, 4.69) is 9.97 Å². The van der Waals surface area contributed by atoms with Gasteiger partial charge in [0.1, 0.15) is 18.1 Å². The molecular weight excluding hydrogens is 315 g/mol. The number of thiophene rings is 1. The molecule has 2 heterocycles. The number of aryl methyl sites for hydroxylation is 1. The summed E-state index contributed by atoms with van der Waals surface area (Å²) in [6, 6.07) is 4.72. The van der Waals surface area contributed by atoms with Crippen molar-refractivity contribution in [3.8, 4) is 17.1 Å². The fourth-order valence-electron chi connectivity index (χ4n) is 2.19. The minimum absolute atomic E-state index is 0.141. The smallest absolute Gasteiger partial charge is 0.235 e. The molecule has 0 unspecified atom stereocenters. The Hall–Kier alpha value is -2.05. The Bertz CT molecular complexity index is 855. The SMILES string of the molecule is Cc1nc(-c2csc3cc(F)ccc23)cnc1OCC(C)(C)O. The van der Waals surface area contributed by atoms with Crippen LogP contribution in [0.1, 0.15) is 19.5 Å². The van der Waals surface area contributed by atoms with Gasteiger partial charge in [0.05, 0.1) is 17.5 Å². The summed E-state index contributed by atoms with van der Waals surface area (Å²) in [5.41, 5.74) is 1.36. The summed E-state index contributed by atoms with van der Waals surface area (Å²) >= 11 is 1.47. The molecule has 1 N–H and O–H groups in total. The topological polar surface area (TPSA) is 55.2 Å². The van der Waals surface area contributed by atoms with Crippen LogP contribution in [0.25, 0.3) is 21.3 Å². The summed E-state index contributed by atoms with van der Waals surface area (Å²) in [5, 5.41) is 12.6. The van der Waals surface area contributed by atoms with E-state index in [0.29, 0.717) is 11.6 Å². The summed E-state index contributed by atoms with van der Waals surface area (Å²) in [5.74, 6) is 0.157. The van der Waals surface area contributed by atoms with E-state index in [1.54, 1.807) is 26.1 Å². The Morgan fingerprint density at radius 1 is 1.35 bits per heavy atom. The van der Waals surface area contributed by atoms with Crippen molar-refractivity contribution in [2.75, 3.05) is 6.61 Å². The van der Waals surface area contributed by atoms with Gasteiger partial charge >= 0.3 is 0 Å². The first-order chi connectivity index (χ1) is 10.8. The first-order valence-electron chi connectivity index (χ1n) is 7.19. The van der Waals surface area contributed by atoms with Crippen LogP contribution in [0.4, 0.5) is 4.39 Å². The molecule has 120 valence electrons. The maximum absolute atomic E-state index is 13.3. The lowest BCUT2D eigenvalue weighted by molar-refractivity contribution is 0.0264. The second-order valence-electron chi connectivity index (χ2n) is 6.04. The number of benzene rings is 1. The van der Waals surface area contributed by atoms with Crippen molar-refractivity contribution in [3.63, 3.8) is 0 Å². The molecule has 0 aliphatic heterocycles. The highest BCUT2D eigenvalue weighted by Crippen LogP contribution is 2.33. The van der Waals surface area contributed by atoms with E-state index in [-0.39, 0.29) is 12.4 Å². The monoisotopic (exact) mass is 332 g/mol. The summed E-state index contributed by atoms with van der Waals surface area (Å²) in [6.45, 7) is 5.29. The van der Waals surface area contributed by atoms with Gasteiger partial charge in [0.25, 0.3) is 0 Å². The molecule has 0 saturated carbocycles. The molecule has 0 amide bonds. The van der Waals surface area contributed by atoms with Crippen molar-refractivity contribution >= 4 is 21.4 Å². The molecule has 0 spiro atoms. The third-order valence-electron chi connectivity index (χ3n) is 3.28. The number of aromatic nitrogens is 2. The molecular formula is C17H17FN2O2S. The summed E-state index contributed by atoms with van der Waals surface area (Å²) in [6.07, 6.45) is 1.64. The zero-order valence-corrected chi connectivity index (χ0v) is 13.9. The largest absolute Gasteiger partial charge is 0.473 e. The van der Waals surface area contributed by atoms with Crippen molar-refractivity contribution in [2.24, 2.45) is 0 Å². The highest BCUT2D eigenvalue weighted by molar-refractivity contribution is 7.17. The van der Waals surface area contributed by atoms with E-state index in [0.717, 1.165) is 21.3 Å². The molecule has 0 aliphatic carbocycles. The van der Waals surface area contributed by atoms with Gasteiger partial charge in [-0.3, -0.25) is 0 Å². The first-order valence-corrected chi connectivity index (χ1v) is 8.07. The first kappa shape index (κ1) is 15.8. The van der Waals surface area contributed by atoms with Crippen LogP contribution in [-0.2, 0) is 0 Å². The van der Waals surface area contributed by atoms with Crippen molar-refractivity contribution in [2.45, 2.75) is 26.4 Å². The lowest BCUT2D eigenvalue weighted by atomic mass is 10.1. The molecule has 3 rings (SSSR count). The molecule has 0 fully saturated rings. The number of halogens is 1. The van der Waals surface area contributed by atoms with Crippen LogP contribution in [0.2, 0.25) is 0 Å². The molecule has 1 aromatic carbocycles. The Balaban J connectivity index is 1.93. The highest BCUT2D eigenvalue weighted by atomic mass is 32.1. The minimum Gasteiger partial charge on any atom is -0.473 e. The van der Waals surface area contributed by atoms with Gasteiger partial charge in [-0.25, -0.2) is 14.4 Å². The van der Waals surface area contributed by atoms with Crippen LogP contribution >= 0.6 is 11.3 Å². The maximum Gasteiger partial charge on any atom is 0.235 e. The van der Waals surface area contributed by atoms with Gasteiger partial charge in [-0.05, 0) is 39.0 Å². The minimum atomic E-state index is -0.930. The van der Waals surface area contributed by atoms with Crippen molar-refractivity contribution in [1.82, 2.24) is 9.97 Å². The predicted octanol–water partition coefficient (Wildman–Crippen LogP) is 3.96. The molecule has 0 aliphatic rings. The molecule has 0 saturated heterocycles. The van der Waals surface area contributed by atoms with Gasteiger partial charge in [0, 0.05) is 21.0 Å². The van der Waals surface area contributed by atoms with Crippen LogP contribution in [-0.4, -0.2) is 27.3 Å². The number of hydrogen-bond acceptors (Lipinski definition) is 5. The molecule has 0 bridgehead atoms. The van der Waals surface area contributed by atoms with Gasteiger partial charge in [0.15, 0.2) is 0 Å². The van der Waals surface area contributed by atoms with Gasteiger partial charge in [-0.1, -0.05) is 0 Å². The summed E-state index contributed by atoms with van der Waals surface area (Å²) in [4.78, 5) is 8.83. The van der Waals surface area contributed by atoms with E-state index < -0.39 is 5.60 Å². The van der Waals surface area contributed by atoms with Gasteiger partial charge in [-0.15, -0.1) is 11.3 Å². The Labute approximate surface area is 137 Å². The third kappa shape index (κ3) is 3.48.